The lowest BCUT2D eigenvalue weighted by atomic mass is 10.1. The van der Waals surface area contributed by atoms with E-state index in [4.69, 9.17) is 5.11 Å². The Morgan fingerprint density at radius 2 is 1.70 bits per heavy atom. The first-order valence-corrected chi connectivity index (χ1v) is 7.02. The van der Waals surface area contributed by atoms with Crippen molar-refractivity contribution in [2.75, 3.05) is 6.54 Å². The maximum atomic E-state index is 13.9. The van der Waals surface area contributed by atoms with Crippen LogP contribution in [0.25, 0.3) is 0 Å². The van der Waals surface area contributed by atoms with E-state index in [1.165, 1.54) is 0 Å². The lowest BCUT2D eigenvalue weighted by molar-refractivity contribution is -0.138. The summed E-state index contributed by atoms with van der Waals surface area (Å²) in [6.07, 6.45) is -4.99. The second-order valence-corrected chi connectivity index (χ2v) is 4.98. The summed E-state index contributed by atoms with van der Waals surface area (Å²) in [5.74, 6) is -1.83. The first kappa shape index (κ1) is 18.9. The van der Waals surface area contributed by atoms with Crippen LogP contribution in [0.1, 0.15) is 43.0 Å². The number of aliphatic carboxylic acids is 1. The number of unbranched alkanes of at least 4 members (excludes halogenated alkanes) is 2. The highest BCUT2D eigenvalue weighted by Gasteiger charge is 2.30. The summed E-state index contributed by atoms with van der Waals surface area (Å²) in [5.41, 5.74) is -1.06. The third-order valence-electron chi connectivity index (χ3n) is 3.13. The minimum Gasteiger partial charge on any atom is -0.481 e. The van der Waals surface area contributed by atoms with Gasteiger partial charge in [0.1, 0.15) is 0 Å². The molecule has 1 amide bonds. The lowest BCUT2D eigenvalue weighted by Gasteiger charge is -2.11. The van der Waals surface area contributed by atoms with Crippen LogP contribution >= 0.6 is 0 Å². The van der Waals surface area contributed by atoms with Crippen molar-refractivity contribution in [2.24, 2.45) is 0 Å². The highest BCUT2D eigenvalue weighted by Crippen LogP contribution is 2.30. The fourth-order valence-corrected chi connectivity index (χ4v) is 1.87. The Morgan fingerprint density at radius 3 is 2.22 bits per heavy atom. The first-order valence-electron chi connectivity index (χ1n) is 7.02. The average Bonchev–Trinajstić information content (AvgIpc) is 2.48. The number of carbonyl (C=O) groups excluding carboxylic acids is 1. The van der Waals surface area contributed by atoms with Gasteiger partial charge in [-0.05, 0) is 30.5 Å². The van der Waals surface area contributed by atoms with Crippen LogP contribution in [-0.2, 0) is 15.8 Å². The van der Waals surface area contributed by atoms with Crippen LogP contribution in [0.2, 0.25) is 0 Å². The molecule has 128 valence electrons. The molecule has 0 spiro atoms. The monoisotopic (exact) mass is 335 g/mol. The molecule has 0 bridgehead atoms. The zero-order valence-electron chi connectivity index (χ0n) is 12.2. The predicted molar refractivity (Wildman–Crippen MR) is 74.4 cm³/mol. The van der Waals surface area contributed by atoms with Gasteiger partial charge in [0.25, 0.3) is 5.91 Å². The maximum absolute atomic E-state index is 13.9. The molecule has 0 radical (unpaired) electrons. The van der Waals surface area contributed by atoms with Crippen molar-refractivity contribution in [3.8, 4) is 0 Å². The van der Waals surface area contributed by atoms with Crippen molar-refractivity contribution in [2.45, 2.75) is 38.0 Å². The average molecular weight is 335 g/mol. The van der Waals surface area contributed by atoms with E-state index in [0.29, 0.717) is 19.3 Å². The number of alkyl halides is 4. The Kier molecular flexibility index (Phi) is 6.99. The number of halogens is 4. The van der Waals surface area contributed by atoms with E-state index in [0.717, 1.165) is 24.3 Å². The quantitative estimate of drug-likeness (QED) is 0.565. The summed E-state index contributed by atoms with van der Waals surface area (Å²) in [6, 6.07) is 3.31. The van der Waals surface area contributed by atoms with E-state index in [9.17, 15) is 27.2 Å². The van der Waals surface area contributed by atoms with Crippen LogP contribution in [0.4, 0.5) is 17.6 Å². The van der Waals surface area contributed by atoms with E-state index in [-0.39, 0.29) is 18.5 Å². The topological polar surface area (TPSA) is 66.4 Å². The SMILES string of the molecule is O=C(O)CCCCCNC(=O)C(F)c1ccc(C(F)(F)F)cc1. The zero-order chi connectivity index (χ0) is 17.5. The molecule has 1 atom stereocenters. The van der Waals surface area contributed by atoms with Gasteiger partial charge >= 0.3 is 12.1 Å². The Morgan fingerprint density at radius 1 is 1.09 bits per heavy atom. The molecule has 0 saturated carbocycles. The molecule has 1 unspecified atom stereocenters. The van der Waals surface area contributed by atoms with Crippen molar-refractivity contribution < 1.29 is 32.3 Å². The van der Waals surface area contributed by atoms with Crippen molar-refractivity contribution >= 4 is 11.9 Å². The fourth-order valence-electron chi connectivity index (χ4n) is 1.87. The fraction of sp³-hybridized carbons (Fsp3) is 0.467. The minimum absolute atomic E-state index is 0.0330. The normalized spacial score (nSPS) is 12.7. The smallest absolute Gasteiger partial charge is 0.416 e. The molecule has 4 nitrogen and oxygen atoms in total. The molecule has 0 heterocycles. The Hall–Kier alpha value is -2.12. The van der Waals surface area contributed by atoms with Crippen molar-refractivity contribution in [3.63, 3.8) is 0 Å². The number of amides is 1. The highest BCUT2D eigenvalue weighted by molar-refractivity contribution is 5.82. The van der Waals surface area contributed by atoms with Crippen LogP contribution in [0.3, 0.4) is 0 Å². The number of hydrogen-bond acceptors (Lipinski definition) is 2. The van der Waals surface area contributed by atoms with Crippen molar-refractivity contribution in [3.05, 3.63) is 35.4 Å². The predicted octanol–water partition coefficient (Wildman–Crippen LogP) is 3.48. The summed E-state index contributed by atoms with van der Waals surface area (Å²) in [4.78, 5) is 21.8. The third-order valence-corrected chi connectivity index (χ3v) is 3.13. The molecule has 0 aromatic heterocycles. The largest absolute Gasteiger partial charge is 0.481 e. The Labute approximate surface area is 130 Å². The van der Waals surface area contributed by atoms with Gasteiger partial charge in [0.2, 0.25) is 6.17 Å². The van der Waals surface area contributed by atoms with Gasteiger partial charge in [0.05, 0.1) is 5.56 Å². The summed E-state index contributed by atoms with van der Waals surface area (Å²) in [6.45, 7) is 0.180. The van der Waals surface area contributed by atoms with Gasteiger partial charge in [0.15, 0.2) is 0 Å². The van der Waals surface area contributed by atoms with Gasteiger partial charge in [-0.25, -0.2) is 4.39 Å². The number of carboxylic acids is 1. The van der Waals surface area contributed by atoms with E-state index in [1.54, 1.807) is 0 Å². The molecule has 23 heavy (non-hydrogen) atoms. The van der Waals surface area contributed by atoms with Gasteiger partial charge in [-0.3, -0.25) is 9.59 Å². The van der Waals surface area contributed by atoms with E-state index in [2.05, 4.69) is 5.32 Å². The minimum atomic E-state index is -4.51. The second-order valence-electron chi connectivity index (χ2n) is 4.98. The molecular formula is C15H17F4NO3. The second kappa shape index (κ2) is 8.50. The van der Waals surface area contributed by atoms with E-state index >= 15 is 0 Å². The number of benzene rings is 1. The van der Waals surface area contributed by atoms with Gasteiger partial charge in [-0.1, -0.05) is 18.6 Å². The molecule has 8 heteroatoms. The Balaban J connectivity index is 2.40. The van der Waals surface area contributed by atoms with E-state index < -0.39 is 29.8 Å². The molecule has 0 aliphatic heterocycles. The van der Waals surface area contributed by atoms with Gasteiger partial charge in [-0.15, -0.1) is 0 Å². The summed E-state index contributed by atoms with van der Waals surface area (Å²) in [7, 11) is 0. The molecule has 0 aliphatic carbocycles. The molecule has 0 fully saturated rings. The van der Waals surface area contributed by atoms with Crippen LogP contribution in [0.15, 0.2) is 24.3 Å². The standard InChI is InChI=1S/C15H17F4NO3/c16-13(10-5-7-11(8-6-10)15(17,18)19)14(23)20-9-3-1-2-4-12(21)22/h5-8,13H,1-4,9H2,(H,20,23)(H,21,22). The summed E-state index contributed by atoms with van der Waals surface area (Å²) >= 11 is 0. The third kappa shape index (κ3) is 6.66. The maximum Gasteiger partial charge on any atom is 0.416 e. The highest BCUT2D eigenvalue weighted by atomic mass is 19.4. The molecule has 0 saturated heterocycles. The lowest BCUT2D eigenvalue weighted by Crippen LogP contribution is -2.28. The molecule has 1 aromatic rings. The van der Waals surface area contributed by atoms with Crippen molar-refractivity contribution in [1.82, 2.24) is 5.32 Å². The molecule has 1 aromatic carbocycles. The number of carbonyl (C=O) groups is 2. The molecule has 2 N–H and O–H groups in total. The summed E-state index contributed by atoms with van der Waals surface area (Å²) in [5, 5.41) is 10.8. The number of hydrogen-bond donors (Lipinski definition) is 2. The molecule has 1 rings (SSSR count). The number of rotatable bonds is 8. The van der Waals surface area contributed by atoms with Crippen LogP contribution in [0.5, 0.6) is 0 Å². The van der Waals surface area contributed by atoms with Gasteiger partial charge in [-0.2, -0.15) is 13.2 Å². The molecular weight excluding hydrogens is 318 g/mol. The van der Waals surface area contributed by atoms with Crippen molar-refractivity contribution in [1.29, 1.82) is 0 Å². The van der Waals surface area contributed by atoms with Crippen LogP contribution in [-0.4, -0.2) is 23.5 Å². The summed E-state index contributed by atoms with van der Waals surface area (Å²) < 4.78 is 51.0. The number of nitrogens with one attached hydrogen (secondary N) is 1. The van der Waals surface area contributed by atoms with Crippen LogP contribution in [0, 0.1) is 0 Å². The first-order chi connectivity index (χ1) is 10.7. The number of carboxylic acid groups (broad SMARTS) is 1. The van der Waals surface area contributed by atoms with Gasteiger partial charge < -0.3 is 10.4 Å². The van der Waals surface area contributed by atoms with Crippen LogP contribution < -0.4 is 5.32 Å². The van der Waals surface area contributed by atoms with Gasteiger partial charge in [0, 0.05) is 13.0 Å². The Bertz CT molecular complexity index is 529. The molecule has 0 aliphatic rings. The zero-order valence-corrected chi connectivity index (χ0v) is 12.2. The van der Waals surface area contributed by atoms with E-state index in [1.807, 2.05) is 0 Å².